The van der Waals surface area contributed by atoms with Crippen LogP contribution in [0.15, 0.2) is 42.5 Å². The van der Waals surface area contributed by atoms with Gasteiger partial charge >= 0.3 is 6.18 Å². The van der Waals surface area contributed by atoms with E-state index >= 15 is 0 Å². The maximum atomic E-state index is 13.3. The summed E-state index contributed by atoms with van der Waals surface area (Å²) >= 11 is 5.99. The molecule has 0 aliphatic heterocycles. The molecule has 2 aromatic carbocycles. The van der Waals surface area contributed by atoms with Crippen LogP contribution in [0.25, 0.3) is 28.2 Å². The normalized spacial score (nSPS) is 12.1. The molecule has 4 aromatic rings. The van der Waals surface area contributed by atoms with Crippen molar-refractivity contribution in [3.63, 3.8) is 0 Å². The van der Waals surface area contributed by atoms with Crippen molar-refractivity contribution in [3.8, 4) is 17.2 Å². The van der Waals surface area contributed by atoms with E-state index in [0.29, 0.717) is 23.5 Å². The second kappa shape index (κ2) is 6.91. The SMILES string of the molecule is [CH2]Cc1ccc(-n2c(-c3cc(C)n(C)n3)nc3cc(C(F)(F)F)c(Cl)cc32)cc1. The third-order valence-electron chi connectivity index (χ3n) is 4.87. The van der Waals surface area contributed by atoms with Crippen LogP contribution in [0.3, 0.4) is 0 Å². The molecule has 0 amide bonds. The first kappa shape index (κ1) is 19.5. The predicted octanol–water partition coefficient (Wildman–Crippen LogP) is 5.78. The van der Waals surface area contributed by atoms with Gasteiger partial charge in [-0.05, 0) is 56.2 Å². The maximum Gasteiger partial charge on any atom is 0.417 e. The molecule has 1 radical (unpaired) electrons. The number of rotatable bonds is 3. The van der Waals surface area contributed by atoms with Crippen LogP contribution in [0, 0.1) is 13.8 Å². The fourth-order valence-corrected chi connectivity index (χ4v) is 3.50. The Labute approximate surface area is 170 Å². The summed E-state index contributed by atoms with van der Waals surface area (Å²) in [5, 5.41) is 4.09. The van der Waals surface area contributed by atoms with E-state index in [1.807, 2.05) is 37.3 Å². The van der Waals surface area contributed by atoms with Gasteiger partial charge in [0.2, 0.25) is 0 Å². The molecular weight excluding hydrogens is 401 g/mol. The highest BCUT2D eigenvalue weighted by molar-refractivity contribution is 6.32. The highest BCUT2D eigenvalue weighted by Gasteiger charge is 2.34. The number of alkyl halides is 3. The topological polar surface area (TPSA) is 35.6 Å². The van der Waals surface area contributed by atoms with Crippen LogP contribution >= 0.6 is 11.6 Å². The molecule has 0 unspecified atom stereocenters. The summed E-state index contributed by atoms with van der Waals surface area (Å²) in [4.78, 5) is 4.49. The van der Waals surface area contributed by atoms with E-state index in [0.717, 1.165) is 23.0 Å². The molecule has 0 saturated carbocycles. The van der Waals surface area contributed by atoms with Crippen LogP contribution in [0.1, 0.15) is 16.8 Å². The lowest BCUT2D eigenvalue weighted by atomic mass is 10.1. The van der Waals surface area contributed by atoms with Crippen molar-refractivity contribution in [3.05, 3.63) is 71.2 Å². The van der Waals surface area contributed by atoms with Crippen LogP contribution < -0.4 is 0 Å². The Morgan fingerprint density at radius 2 is 1.79 bits per heavy atom. The summed E-state index contributed by atoms with van der Waals surface area (Å²) in [6, 6.07) is 11.7. The average Bonchev–Trinajstić information content (AvgIpc) is 3.20. The summed E-state index contributed by atoms with van der Waals surface area (Å²) in [6.45, 7) is 5.76. The van der Waals surface area contributed by atoms with Gasteiger partial charge in [0.05, 0.1) is 21.6 Å². The third-order valence-corrected chi connectivity index (χ3v) is 5.19. The average molecular weight is 418 g/mol. The third kappa shape index (κ3) is 3.40. The maximum absolute atomic E-state index is 13.3. The van der Waals surface area contributed by atoms with Gasteiger partial charge in [0, 0.05) is 18.4 Å². The van der Waals surface area contributed by atoms with Crippen molar-refractivity contribution in [2.45, 2.75) is 19.5 Å². The summed E-state index contributed by atoms with van der Waals surface area (Å²) in [7, 11) is 1.80. The van der Waals surface area contributed by atoms with Crippen LogP contribution in [0.4, 0.5) is 13.2 Å². The number of imidazole rings is 1. The number of benzene rings is 2. The highest BCUT2D eigenvalue weighted by atomic mass is 35.5. The number of halogens is 4. The van der Waals surface area contributed by atoms with Crippen molar-refractivity contribution in [2.24, 2.45) is 7.05 Å². The first-order valence-electron chi connectivity index (χ1n) is 8.88. The number of aromatic nitrogens is 4. The van der Waals surface area contributed by atoms with Gasteiger partial charge in [-0.1, -0.05) is 23.7 Å². The minimum Gasteiger partial charge on any atom is -0.291 e. The fourth-order valence-electron chi connectivity index (χ4n) is 3.23. The largest absolute Gasteiger partial charge is 0.417 e. The van der Waals surface area contributed by atoms with Gasteiger partial charge in [-0.15, -0.1) is 0 Å². The summed E-state index contributed by atoms with van der Waals surface area (Å²) in [5.41, 5.74) is 3.02. The van der Waals surface area contributed by atoms with Gasteiger partial charge in [-0.25, -0.2) is 4.98 Å². The number of hydrogen-bond donors (Lipinski definition) is 0. The molecule has 8 heteroatoms. The lowest BCUT2D eigenvalue weighted by Gasteiger charge is -2.11. The molecular formula is C21H17ClF3N4. The van der Waals surface area contributed by atoms with Crippen LogP contribution in [0.2, 0.25) is 5.02 Å². The molecule has 0 aliphatic carbocycles. The molecule has 4 nitrogen and oxygen atoms in total. The van der Waals surface area contributed by atoms with Gasteiger partial charge in [-0.3, -0.25) is 9.25 Å². The van der Waals surface area contributed by atoms with Crippen LogP contribution in [-0.4, -0.2) is 19.3 Å². The zero-order valence-corrected chi connectivity index (χ0v) is 16.5. The number of fused-ring (bicyclic) bond motifs is 1. The summed E-state index contributed by atoms with van der Waals surface area (Å²) in [5.74, 6) is 0.446. The first-order valence-corrected chi connectivity index (χ1v) is 9.25. The van der Waals surface area contributed by atoms with Crippen LogP contribution in [-0.2, 0) is 19.6 Å². The molecule has 0 bridgehead atoms. The Kier molecular flexibility index (Phi) is 4.65. The van der Waals surface area contributed by atoms with Crippen molar-refractivity contribution in [1.82, 2.24) is 19.3 Å². The monoisotopic (exact) mass is 417 g/mol. The molecule has 0 saturated heterocycles. The van der Waals surface area contributed by atoms with Crippen molar-refractivity contribution < 1.29 is 13.2 Å². The van der Waals surface area contributed by atoms with E-state index in [1.165, 1.54) is 6.07 Å². The van der Waals surface area contributed by atoms with Crippen molar-refractivity contribution in [1.29, 1.82) is 0 Å². The van der Waals surface area contributed by atoms with Crippen molar-refractivity contribution >= 4 is 22.6 Å². The molecule has 0 spiro atoms. The Morgan fingerprint density at radius 3 is 2.34 bits per heavy atom. The molecule has 0 atom stereocenters. The van der Waals surface area contributed by atoms with E-state index in [2.05, 4.69) is 17.0 Å². The molecule has 149 valence electrons. The van der Waals surface area contributed by atoms with Gasteiger partial charge in [0.1, 0.15) is 5.69 Å². The zero-order valence-electron chi connectivity index (χ0n) is 15.8. The van der Waals surface area contributed by atoms with Crippen LogP contribution in [0.5, 0.6) is 0 Å². The molecule has 29 heavy (non-hydrogen) atoms. The zero-order chi connectivity index (χ0) is 20.9. The van der Waals surface area contributed by atoms with Gasteiger partial charge < -0.3 is 0 Å². The Balaban J connectivity index is 2.03. The second-order valence-electron chi connectivity index (χ2n) is 6.80. The van der Waals surface area contributed by atoms with Crippen molar-refractivity contribution in [2.75, 3.05) is 0 Å². The first-order chi connectivity index (χ1) is 13.7. The highest BCUT2D eigenvalue weighted by Crippen LogP contribution is 2.39. The molecule has 0 N–H and O–H groups in total. The number of aryl methyl sites for hydroxylation is 2. The second-order valence-corrected chi connectivity index (χ2v) is 7.21. The van der Waals surface area contributed by atoms with E-state index in [-0.39, 0.29) is 10.5 Å². The van der Waals surface area contributed by atoms with E-state index < -0.39 is 11.7 Å². The quantitative estimate of drug-likeness (QED) is 0.423. The minimum atomic E-state index is -4.56. The lowest BCUT2D eigenvalue weighted by Crippen LogP contribution is -2.06. The fraction of sp³-hybridized carbons (Fsp3) is 0.190. The van der Waals surface area contributed by atoms with Gasteiger partial charge in [0.15, 0.2) is 5.82 Å². The smallest absolute Gasteiger partial charge is 0.291 e. The molecule has 0 aliphatic rings. The molecule has 0 fully saturated rings. The van der Waals surface area contributed by atoms with Gasteiger partial charge in [-0.2, -0.15) is 18.3 Å². The Bertz CT molecular complexity index is 1180. The molecule has 2 heterocycles. The number of nitrogens with zero attached hydrogens (tertiary/aromatic N) is 4. The molecule has 4 rings (SSSR count). The lowest BCUT2D eigenvalue weighted by molar-refractivity contribution is -0.137. The van der Waals surface area contributed by atoms with E-state index in [9.17, 15) is 13.2 Å². The van der Waals surface area contributed by atoms with Gasteiger partial charge in [0.25, 0.3) is 0 Å². The van der Waals surface area contributed by atoms with E-state index in [1.54, 1.807) is 16.3 Å². The summed E-state index contributed by atoms with van der Waals surface area (Å²) < 4.78 is 43.5. The standard InChI is InChI=1S/C21H17ClF3N4/c1-4-13-5-7-14(8-6-13)29-19-11-16(22)15(21(23,24)25)10-17(19)26-20(29)18-9-12(2)28(3)27-18/h5-11H,1,4H2,2-3H3. The van der Waals surface area contributed by atoms with E-state index in [4.69, 9.17) is 11.6 Å². The summed E-state index contributed by atoms with van der Waals surface area (Å²) in [6.07, 6.45) is -3.93. The Hall–Kier alpha value is -2.80. The molecule has 2 aromatic heterocycles. The minimum absolute atomic E-state index is 0.196. The predicted molar refractivity (Wildman–Crippen MR) is 107 cm³/mol. The Morgan fingerprint density at radius 1 is 1.10 bits per heavy atom. The number of hydrogen-bond acceptors (Lipinski definition) is 2.